The van der Waals surface area contributed by atoms with E-state index in [0.29, 0.717) is 27.2 Å². The van der Waals surface area contributed by atoms with E-state index in [-0.39, 0.29) is 12.5 Å². The van der Waals surface area contributed by atoms with Crippen LogP contribution >= 0.6 is 22.9 Å². The Bertz CT molecular complexity index is 1170. The number of aromatic nitrogens is 4. The number of amides is 1. The summed E-state index contributed by atoms with van der Waals surface area (Å²) >= 11 is 7.42. The van der Waals surface area contributed by atoms with Crippen LogP contribution in [0.2, 0.25) is 5.02 Å². The lowest BCUT2D eigenvalue weighted by atomic mass is 10.2. The molecular formula is C19H16ClN5O2S. The molecular weight excluding hydrogens is 398 g/mol. The standard InChI is InChI=1S/C19H16ClN5O2S/c1-11-9-13(7-8-15(11)20)27-10-17(26)21-16-6-4-3-5-14(16)18-24-25-12(2)22-23-19(25)28-18/h3-9H,10H2,1-2H3,(H,21,26). The molecule has 0 aliphatic heterocycles. The van der Waals surface area contributed by atoms with E-state index >= 15 is 0 Å². The number of halogens is 1. The number of benzene rings is 2. The van der Waals surface area contributed by atoms with Crippen molar-refractivity contribution in [2.45, 2.75) is 13.8 Å². The average molecular weight is 414 g/mol. The van der Waals surface area contributed by atoms with Crippen molar-refractivity contribution in [3.05, 3.63) is 58.9 Å². The molecule has 0 saturated heterocycles. The van der Waals surface area contributed by atoms with E-state index in [4.69, 9.17) is 16.3 Å². The third kappa shape index (κ3) is 3.69. The zero-order valence-electron chi connectivity index (χ0n) is 15.1. The highest BCUT2D eigenvalue weighted by Gasteiger charge is 2.15. The Morgan fingerprint density at radius 2 is 2.04 bits per heavy atom. The van der Waals surface area contributed by atoms with Crippen molar-refractivity contribution in [1.82, 2.24) is 19.8 Å². The summed E-state index contributed by atoms with van der Waals surface area (Å²) in [6.45, 7) is 3.61. The smallest absolute Gasteiger partial charge is 0.262 e. The van der Waals surface area contributed by atoms with Crippen molar-refractivity contribution in [3.63, 3.8) is 0 Å². The maximum atomic E-state index is 12.4. The van der Waals surface area contributed by atoms with Crippen LogP contribution in [0.4, 0.5) is 5.69 Å². The van der Waals surface area contributed by atoms with E-state index < -0.39 is 0 Å². The Kier molecular flexibility index (Phi) is 4.97. The average Bonchev–Trinajstić information content (AvgIpc) is 3.25. The summed E-state index contributed by atoms with van der Waals surface area (Å²) < 4.78 is 7.25. The normalized spacial score (nSPS) is 11.0. The highest BCUT2D eigenvalue weighted by molar-refractivity contribution is 7.19. The van der Waals surface area contributed by atoms with Gasteiger partial charge in [0.1, 0.15) is 10.8 Å². The van der Waals surface area contributed by atoms with Crippen molar-refractivity contribution in [2.24, 2.45) is 0 Å². The van der Waals surface area contributed by atoms with Gasteiger partial charge in [0.05, 0.1) is 5.69 Å². The number of hydrogen-bond donors (Lipinski definition) is 1. The van der Waals surface area contributed by atoms with Crippen LogP contribution in [0.3, 0.4) is 0 Å². The van der Waals surface area contributed by atoms with E-state index in [9.17, 15) is 4.79 Å². The van der Waals surface area contributed by atoms with Crippen LogP contribution in [0, 0.1) is 13.8 Å². The Morgan fingerprint density at radius 3 is 2.82 bits per heavy atom. The van der Waals surface area contributed by atoms with Gasteiger partial charge in [0.15, 0.2) is 12.4 Å². The third-order valence-electron chi connectivity index (χ3n) is 4.08. The van der Waals surface area contributed by atoms with Crippen LogP contribution < -0.4 is 10.1 Å². The van der Waals surface area contributed by atoms with Gasteiger partial charge in [-0.3, -0.25) is 4.79 Å². The summed E-state index contributed by atoms with van der Waals surface area (Å²) in [5, 5.41) is 16.9. The molecule has 0 radical (unpaired) electrons. The Morgan fingerprint density at radius 1 is 1.21 bits per heavy atom. The van der Waals surface area contributed by atoms with Crippen molar-refractivity contribution in [3.8, 4) is 16.3 Å². The lowest BCUT2D eigenvalue weighted by Gasteiger charge is -2.11. The topological polar surface area (TPSA) is 81.4 Å². The minimum absolute atomic E-state index is 0.111. The number of aryl methyl sites for hydroxylation is 2. The Labute approximate surface area is 169 Å². The zero-order chi connectivity index (χ0) is 19.7. The number of anilines is 1. The molecule has 0 spiro atoms. The first-order valence-electron chi connectivity index (χ1n) is 8.48. The van der Waals surface area contributed by atoms with Gasteiger partial charge in [-0.15, -0.1) is 10.2 Å². The highest BCUT2D eigenvalue weighted by Crippen LogP contribution is 2.31. The van der Waals surface area contributed by atoms with Crippen molar-refractivity contribution < 1.29 is 9.53 Å². The second-order valence-electron chi connectivity index (χ2n) is 6.14. The number of nitrogens with one attached hydrogen (secondary N) is 1. The van der Waals surface area contributed by atoms with Gasteiger partial charge in [-0.1, -0.05) is 35.1 Å². The van der Waals surface area contributed by atoms with E-state index in [1.165, 1.54) is 11.3 Å². The van der Waals surface area contributed by atoms with Crippen LogP contribution in [0.15, 0.2) is 42.5 Å². The molecule has 4 aromatic rings. The number of carbonyl (C=O) groups is 1. The Hall–Kier alpha value is -2.97. The maximum Gasteiger partial charge on any atom is 0.262 e. The van der Waals surface area contributed by atoms with Gasteiger partial charge < -0.3 is 10.1 Å². The summed E-state index contributed by atoms with van der Waals surface area (Å²) in [7, 11) is 0. The van der Waals surface area contributed by atoms with Gasteiger partial charge in [0, 0.05) is 10.6 Å². The highest BCUT2D eigenvalue weighted by atomic mass is 35.5. The predicted molar refractivity (Wildman–Crippen MR) is 109 cm³/mol. The number of nitrogens with zero attached hydrogens (tertiary/aromatic N) is 4. The molecule has 2 aromatic heterocycles. The summed E-state index contributed by atoms with van der Waals surface area (Å²) in [5.41, 5.74) is 2.36. The predicted octanol–water partition coefficient (Wildman–Crippen LogP) is 4.14. The molecule has 0 unspecified atom stereocenters. The fourth-order valence-corrected chi connectivity index (χ4v) is 3.69. The van der Waals surface area contributed by atoms with Crippen molar-refractivity contribution >= 4 is 39.5 Å². The van der Waals surface area contributed by atoms with E-state index in [1.807, 2.05) is 38.1 Å². The second kappa shape index (κ2) is 7.57. The van der Waals surface area contributed by atoms with Gasteiger partial charge in [0.2, 0.25) is 4.96 Å². The fourth-order valence-electron chi connectivity index (χ4n) is 2.64. The molecule has 0 atom stereocenters. The van der Waals surface area contributed by atoms with Crippen molar-refractivity contribution in [1.29, 1.82) is 0 Å². The van der Waals surface area contributed by atoms with Gasteiger partial charge in [-0.25, -0.2) is 0 Å². The number of carbonyl (C=O) groups excluding carboxylic acids is 1. The lowest BCUT2D eigenvalue weighted by Crippen LogP contribution is -2.20. The van der Waals surface area contributed by atoms with E-state index in [0.717, 1.165) is 16.1 Å². The van der Waals surface area contributed by atoms with E-state index in [1.54, 1.807) is 22.7 Å². The molecule has 0 bridgehead atoms. The minimum atomic E-state index is -0.265. The molecule has 0 fully saturated rings. The molecule has 4 rings (SSSR count). The first-order chi connectivity index (χ1) is 13.5. The monoisotopic (exact) mass is 413 g/mol. The molecule has 28 heavy (non-hydrogen) atoms. The molecule has 0 saturated carbocycles. The van der Waals surface area contributed by atoms with Gasteiger partial charge in [-0.05, 0) is 49.7 Å². The minimum Gasteiger partial charge on any atom is -0.484 e. The first kappa shape index (κ1) is 18.4. The number of fused-ring (bicyclic) bond motifs is 1. The molecule has 9 heteroatoms. The first-order valence-corrected chi connectivity index (χ1v) is 9.68. The SMILES string of the molecule is Cc1cc(OCC(=O)Nc2ccccc2-c2nn3c(C)nnc3s2)ccc1Cl. The summed E-state index contributed by atoms with van der Waals surface area (Å²) in [5.74, 6) is 1.04. The maximum absolute atomic E-state index is 12.4. The van der Waals surface area contributed by atoms with Crippen LogP contribution in [-0.4, -0.2) is 32.3 Å². The second-order valence-corrected chi connectivity index (χ2v) is 7.51. The van der Waals surface area contributed by atoms with Gasteiger partial charge in [-0.2, -0.15) is 9.61 Å². The Balaban J connectivity index is 1.50. The molecule has 7 nitrogen and oxygen atoms in total. The quantitative estimate of drug-likeness (QED) is 0.531. The number of ether oxygens (including phenoxy) is 1. The number of hydrogen-bond acceptors (Lipinski definition) is 6. The molecule has 1 N–H and O–H groups in total. The molecule has 1 amide bonds. The lowest BCUT2D eigenvalue weighted by molar-refractivity contribution is -0.118. The fraction of sp³-hybridized carbons (Fsp3) is 0.158. The molecule has 142 valence electrons. The van der Waals surface area contributed by atoms with Crippen LogP contribution in [0.1, 0.15) is 11.4 Å². The molecule has 2 heterocycles. The number of rotatable bonds is 5. The van der Waals surface area contributed by atoms with Crippen LogP contribution in [0.5, 0.6) is 5.75 Å². The van der Waals surface area contributed by atoms with E-state index in [2.05, 4.69) is 20.6 Å². The molecule has 0 aliphatic rings. The summed E-state index contributed by atoms with van der Waals surface area (Å²) in [6.07, 6.45) is 0. The van der Waals surface area contributed by atoms with Gasteiger partial charge in [0.25, 0.3) is 5.91 Å². The van der Waals surface area contributed by atoms with Crippen molar-refractivity contribution in [2.75, 3.05) is 11.9 Å². The van der Waals surface area contributed by atoms with Crippen LogP contribution in [-0.2, 0) is 4.79 Å². The molecule has 2 aromatic carbocycles. The molecule has 0 aliphatic carbocycles. The zero-order valence-corrected chi connectivity index (χ0v) is 16.7. The van der Waals surface area contributed by atoms with Crippen LogP contribution in [0.25, 0.3) is 15.5 Å². The summed E-state index contributed by atoms with van der Waals surface area (Å²) in [4.78, 5) is 13.1. The number of para-hydroxylation sites is 1. The largest absolute Gasteiger partial charge is 0.484 e. The van der Waals surface area contributed by atoms with Gasteiger partial charge >= 0.3 is 0 Å². The third-order valence-corrected chi connectivity index (χ3v) is 5.43. The summed E-state index contributed by atoms with van der Waals surface area (Å²) in [6, 6.07) is 12.8.